The minimum absolute atomic E-state index is 0.0521. The molecule has 1 heterocycles. The average Bonchev–Trinajstić information content (AvgIpc) is 2.68. The van der Waals surface area contributed by atoms with E-state index < -0.39 is 11.4 Å². The number of nitrogens with one attached hydrogen (secondary N) is 1. The molecule has 2 aliphatic carbocycles. The van der Waals surface area contributed by atoms with Crippen LogP contribution in [0.1, 0.15) is 51.9 Å². The second-order valence-corrected chi connectivity index (χ2v) is 7.39. The predicted molar refractivity (Wildman–Crippen MR) is 78.9 cm³/mol. The van der Waals surface area contributed by atoms with E-state index in [1.54, 1.807) is 11.8 Å². The Morgan fingerprint density at radius 3 is 2.14 bits per heavy atom. The van der Waals surface area contributed by atoms with E-state index in [1.165, 1.54) is 38.5 Å². The summed E-state index contributed by atoms with van der Waals surface area (Å²) in [5.41, 5.74) is -0.778. The molecule has 3 rings (SSSR count). The third kappa shape index (κ3) is 2.74. The fourth-order valence-corrected chi connectivity index (χ4v) is 3.76. The van der Waals surface area contributed by atoms with Gasteiger partial charge < -0.3 is 15.3 Å². The number of nitrogens with zero attached hydrogens (tertiary/aromatic N) is 1. The van der Waals surface area contributed by atoms with Crippen molar-refractivity contribution in [3.8, 4) is 0 Å². The second kappa shape index (κ2) is 5.50. The van der Waals surface area contributed by atoms with Crippen molar-refractivity contribution in [3.63, 3.8) is 0 Å². The number of amides is 2. The third-order valence-electron chi connectivity index (χ3n) is 5.88. The molecule has 1 aliphatic heterocycles. The Labute approximate surface area is 126 Å². The van der Waals surface area contributed by atoms with Gasteiger partial charge in [0.15, 0.2) is 0 Å². The molecule has 1 saturated heterocycles. The van der Waals surface area contributed by atoms with Crippen molar-refractivity contribution >= 4 is 12.0 Å². The molecule has 118 valence electrons. The Balaban J connectivity index is 1.58. The molecule has 3 fully saturated rings. The van der Waals surface area contributed by atoms with Crippen molar-refractivity contribution in [3.05, 3.63) is 0 Å². The van der Waals surface area contributed by atoms with E-state index in [4.69, 9.17) is 0 Å². The Kier molecular flexibility index (Phi) is 3.84. The number of carboxylic acid groups (broad SMARTS) is 1. The Bertz CT molecular complexity index is 417. The highest BCUT2D eigenvalue weighted by molar-refractivity contribution is 5.79. The highest BCUT2D eigenvalue weighted by Crippen LogP contribution is 2.40. The lowest BCUT2D eigenvalue weighted by Gasteiger charge is -2.43. The minimum Gasteiger partial charge on any atom is -0.481 e. The maximum atomic E-state index is 12.5. The molecule has 0 bridgehead atoms. The Morgan fingerprint density at radius 1 is 1.19 bits per heavy atom. The van der Waals surface area contributed by atoms with Gasteiger partial charge in [0.05, 0.1) is 5.41 Å². The fourth-order valence-electron chi connectivity index (χ4n) is 3.76. The largest absolute Gasteiger partial charge is 0.481 e. The predicted octanol–water partition coefficient (Wildman–Crippen LogP) is 2.46. The van der Waals surface area contributed by atoms with Crippen molar-refractivity contribution < 1.29 is 14.7 Å². The summed E-state index contributed by atoms with van der Waals surface area (Å²) in [5.74, 6) is 0.493. The first kappa shape index (κ1) is 14.7. The van der Waals surface area contributed by atoms with Gasteiger partial charge in [-0.15, -0.1) is 0 Å². The van der Waals surface area contributed by atoms with Gasteiger partial charge in [-0.1, -0.05) is 12.8 Å². The Morgan fingerprint density at radius 2 is 1.76 bits per heavy atom. The number of urea groups is 1. The molecule has 0 aromatic carbocycles. The summed E-state index contributed by atoms with van der Waals surface area (Å²) in [6.07, 6.45) is 8.04. The van der Waals surface area contributed by atoms with Gasteiger partial charge >= 0.3 is 12.0 Å². The van der Waals surface area contributed by atoms with Crippen LogP contribution < -0.4 is 5.32 Å². The van der Waals surface area contributed by atoms with E-state index in [-0.39, 0.29) is 6.03 Å². The quantitative estimate of drug-likeness (QED) is 0.837. The number of hydrogen-bond donors (Lipinski definition) is 2. The van der Waals surface area contributed by atoms with Crippen molar-refractivity contribution in [2.75, 3.05) is 13.1 Å². The first-order valence-corrected chi connectivity index (χ1v) is 8.28. The van der Waals surface area contributed by atoms with Crippen LogP contribution in [0.15, 0.2) is 0 Å². The van der Waals surface area contributed by atoms with Crippen LogP contribution in [0.3, 0.4) is 0 Å². The average molecular weight is 294 g/mol. The van der Waals surface area contributed by atoms with Crippen LogP contribution in [0.25, 0.3) is 0 Å². The summed E-state index contributed by atoms with van der Waals surface area (Å²) in [6, 6.07) is 0.264. The Hall–Kier alpha value is -1.26. The van der Waals surface area contributed by atoms with Crippen LogP contribution in [0.4, 0.5) is 4.79 Å². The summed E-state index contributed by atoms with van der Waals surface area (Å²) < 4.78 is 0. The molecule has 5 nitrogen and oxygen atoms in total. The van der Waals surface area contributed by atoms with E-state index in [0.29, 0.717) is 37.4 Å². The summed E-state index contributed by atoms with van der Waals surface area (Å²) in [6.45, 7) is 2.62. The molecule has 2 N–H and O–H groups in total. The number of carboxylic acids is 1. The lowest BCUT2D eigenvalue weighted by molar-refractivity contribution is -0.147. The van der Waals surface area contributed by atoms with Gasteiger partial charge in [0.1, 0.15) is 0 Å². The molecule has 0 spiro atoms. The summed E-state index contributed by atoms with van der Waals surface area (Å²) >= 11 is 0. The second-order valence-electron chi connectivity index (χ2n) is 7.39. The van der Waals surface area contributed by atoms with Crippen molar-refractivity contribution in [1.82, 2.24) is 10.2 Å². The monoisotopic (exact) mass is 294 g/mol. The molecule has 2 saturated carbocycles. The lowest BCUT2D eigenvalue weighted by Crippen LogP contribution is -2.53. The minimum atomic E-state index is -0.799. The van der Waals surface area contributed by atoms with Crippen molar-refractivity contribution in [2.24, 2.45) is 17.3 Å². The standard InChI is InChI=1S/C16H26N2O3/c1-16(14(19)20)8-9-18(10-16)15(21)17-13(11-4-2-5-11)12-6-3-7-12/h11-13H,2-10H2,1H3,(H,17,21)(H,19,20). The van der Waals surface area contributed by atoms with Crippen LogP contribution in [-0.4, -0.2) is 41.1 Å². The number of aliphatic carboxylic acids is 1. The smallest absolute Gasteiger partial charge is 0.317 e. The summed E-state index contributed by atoms with van der Waals surface area (Å²) in [4.78, 5) is 25.5. The van der Waals surface area contributed by atoms with Crippen LogP contribution in [0.2, 0.25) is 0 Å². The van der Waals surface area contributed by atoms with Gasteiger partial charge in [-0.2, -0.15) is 0 Å². The van der Waals surface area contributed by atoms with Crippen molar-refractivity contribution in [1.29, 1.82) is 0 Å². The van der Waals surface area contributed by atoms with E-state index >= 15 is 0 Å². The topological polar surface area (TPSA) is 69.6 Å². The zero-order valence-corrected chi connectivity index (χ0v) is 12.8. The van der Waals surface area contributed by atoms with E-state index in [0.717, 1.165) is 0 Å². The number of carbonyl (C=O) groups excluding carboxylic acids is 1. The SMILES string of the molecule is CC1(C(=O)O)CCN(C(=O)NC(C2CCC2)C2CCC2)C1. The zero-order chi connectivity index (χ0) is 15.0. The highest BCUT2D eigenvalue weighted by Gasteiger charge is 2.44. The van der Waals surface area contributed by atoms with E-state index in [1.807, 2.05) is 0 Å². The van der Waals surface area contributed by atoms with Gasteiger partial charge in [0.2, 0.25) is 0 Å². The zero-order valence-electron chi connectivity index (χ0n) is 12.8. The molecule has 2 amide bonds. The van der Waals surface area contributed by atoms with E-state index in [9.17, 15) is 14.7 Å². The van der Waals surface area contributed by atoms with Gasteiger partial charge in [-0.05, 0) is 50.9 Å². The molecule has 0 aromatic rings. The molecule has 3 aliphatic rings. The van der Waals surface area contributed by atoms with E-state index in [2.05, 4.69) is 5.32 Å². The first-order chi connectivity index (χ1) is 9.99. The van der Waals surface area contributed by atoms with Crippen LogP contribution in [0, 0.1) is 17.3 Å². The summed E-state index contributed by atoms with van der Waals surface area (Å²) in [5, 5.41) is 12.5. The molecule has 0 radical (unpaired) electrons. The molecule has 5 heteroatoms. The number of rotatable bonds is 4. The number of carbonyl (C=O) groups is 2. The van der Waals surface area contributed by atoms with Gasteiger partial charge in [0.25, 0.3) is 0 Å². The first-order valence-electron chi connectivity index (χ1n) is 8.28. The van der Waals surface area contributed by atoms with Gasteiger partial charge in [-0.3, -0.25) is 4.79 Å². The third-order valence-corrected chi connectivity index (χ3v) is 5.88. The molecule has 21 heavy (non-hydrogen) atoms. The number of likely N-dealkylation sites (tertiary alicyclic amines) is 1. The summed E-state index contributed by atoms with van der Waals surface area (Å²) in [7, 11) is 0. The van der Waals surface area contributed by atoms with Gasteiger partial charge in [0, 0.05) is 19.1 Å². The highest BCUT2D eigenvalue weighted by atomic mass is 16.4. The molecular weight excluding hydrogens is 268 g/mol. The van der Waals surface area contributed by atoms with Gasteiger partial charge in [-0.25, -0.2) is 4.79 Å². The molecule has 1 unspecified atom stereocenters. The van der Waals surface area contributed by atoms with Crippen LogP contribution >= 0.6 is 0 Å². The van der Waals surface area contributed by atoms with Crippen molar-refractivity contribution in [2.45, 2.75) is 57.9 Å². The maximum Gasteiger partial charge on any atom is 0.317 e. The van der Waals surface area contributed by atoms with Crippen LogP contribution in [-0.2, 0) is 4.79 Å². The normalized spacial score (nSPS) is 30.1. The number of hydrogen-bond acceptors (Lipinski definition) is 2. The molecule has 1 atom stereocenters. The molecular formula is C16H26N2O3. The fraction of sp³-hybridized carbons (Fsp3) is 0.875. The molecule has 0 aromatic heterocycles. The lowest BCUT2D eigenvalue weighted by atomic mass is 9.68. The maximum absolute atomic E-state index is 12.5. The van der Waals surface area contributed by atoms with Crippen LogP contribution in [0.5, 0.6) is 0 Å².